The molecule has 0 saturated carbocycles. The maximum atomic E-state index is 7.17. The molecule has 1 aromatic heterocycles. The van der Waals surface area contributed by atoms with E-state index in [4.69, 9.17) is 67.8 Å². The number of benzene rings is 8. The van der Waals surface area contributed by atoms with E-state index in [0.717, 1.165) is 55.9 Å². The summed E-state index contributed by atoms with van der Waals surface area (Å²) in [6.07, 6.45) is 0.669. The molecule has 0 aliphatic heterocycles. The number of nitrogens with zero attached hydrogens (tertiary/aromatic N) is 2. The van der Waals surface area contributed by atoms with E-state index in [1.807, 2.05) is 78.9 Å². The predicted molar refractivity (Wildman–Crippen MR) is 250 cm³/mol. The second kappa shape index (κ2) is 14.3. The van der Waals surface area contributed by atoms with Gasteiger partial charge in [-0.15, -0.1) is 21.9 Å². The first kappa shape index (κ1) is 36.9. The Morgan fingerprint density at radius 2 is 0.842 bits per heavy atom. The molecular formula is C47H26B8N2. The minimum absolute atomic E-state index is 0.157. The van der Waals surface area contributed by atoms with Crippen molar-refractivity contribution in [3.8, 4) is 50.2 Å². The van der Waals surface area contributed by atoms with Crippen molar-refractivity contribution in [1.82, 2.24) is 9.55 Å². The first-order valence-corrected chi connectivity index (χ1v) is 18.7. The van der Waals surface area contributed by atoms with E-state index in [2.05, 4.69) is 60.0 Å². The van der Waals surface area contributed by atoms with Crippen molar-refractivity contribution in [2.45, 2.75) is 13.3 Å². The number of hydrogen-bond acceptors (Lipinski definition) is 1. The second-order valence-electron chi connectivity index (χ2n) is 14.3. The quantitative estimate of drug-likeness (QED) is 0.193. The number of aromatic nitrogens is 2. The Morgan fingerprint density at radius 3 is 1.35 bits per heavy atom. The molecule has 9 rings (SSSR count). The number of fused-ring (bicyclic) bond motifs is 3. The van der Waals surface area contributed by atoms with E-state index < -0.39 is 0 Å². The highest BCUT2D eigenvalue weighted by Crippen LogP contribution is 2.44. The molecule has 1 heterocycles. The average molecular weight is 705 g/mol. The zero-order valence-electron chi connectivity index (χ0n) is 31.3. The fourth-order valence-electron chi connectivity index (χ4n) is 8.33. The van der Waals surface area contributed by atoms with E-state index in [0.29, 0.717) is 39.1 Å². The van der Waals surface area contributed by atoms with Crippen LogP contribution in [0.25, 0.3) is 82.8 Å². The molecule has 57 heavy (non-hydrogen) atoms. The number of hydrogen-bond donors (Lipinski definition) is 0. The average Bonchev–Trinajstić information content (AvgIpc) is 3.64. The van der Waals surface area contributed by atoms with Crippen LogP contribution < -0.4 is 43.7 Å². The molecule has 0 N–H and O–H groups in total. The maximum Gasteiger partial charge on any atom is 0.114 e. The van der Waals surface area contributed by atoms with Gasteiger partial charge in [-0.3, -0.25) is 4.57 Å². The molecule has 0 aliphatic carbocycles. The number of rotatable bonds is 6. The summed E-state index contributed by atoms with van der Waals surface area (Å²) in [5.74, 6) is 0.868. The Labute approximate surface area is 343 Å². The third kappa shape index (κ3) is 5.79. The van der Waals surface area contributed by atoms with Gasteiger partial charge in [-0.2, -0.15) is 0 Å². The Bertz CT molecular complexity index is 2950. The lowest BCUT2D eigenvalue weighted by Gasteiger charge is -2.29. The van der Waals surface area contributed by atoms with Crippen molar-refractivity contribution in [3.63, 3.8) is 0 Å². The molecule has 10 heteroatoms. The molecule has 0 bridgehead atoms. The predicted octanol–water partition coefficient (Wildman–Crippen LogP) is 2.91. The van der Waals surface area contributed by atoms with Crippen LogP contribution >= 0.6 is 0 Å². The third-order valence-electron chi connectivity index (χ3n) is 11.1. The highest BCUT2D eigenvalue weighted by Gasteiger charge is 2.27. The zero-order chi connectivity index (χ0) is 39.7. The summed E-state index contributed by atoms with van der Waals surface area (Å²) in [5, 5.41) is 2.22. The van der Waals surface area contributed by atoms with Gasteiger partial charge >= 0.3 is 0 Å². The summed E-state index contributed by atoms with van der Waals surface area (Å²) in [5.41, 5.74) is 11.0. The Hall–Kier alpha value is -5.73. The summed E-state index contributed by atoms with van der Waals surface area (Å²) in [6.45, 7) is 2.08. The van der Waals surface area contributed by atoms with Gasteiger partial charge in [0, 0.05) is 12.0 Å². The standard InChI is InChI=1S/C47H26B8N2/c1-2-33-56-30-18-10-12-20-32(30)57(33)31-19-11-9-17-29(31)35-38-36(40(48)44(52)46(54)42(38)50)34(37-39(35)43(51)47(55)45(53)41(37)49)28-22-26(24-13-5-3-6-14-24)21-27(23-28)25-15-7-4-8-16-25/h3-23H,2H2,1H3. The van der Waals surface area contributed by atoms with Crippen molar-refractivity contribution in [2.75, 3.05) is 0 Å². The highest BCUT2D eigenvalue weighted by atomic mass is 15.1. The van der Waals surface area contributed by atoms with Gasteiger partial charge in [-0.1, -0.05) is 120 Å². The van der Waals surface area contributed by atoms with Crippen molar-refractivity contribution >= 4 is 139 Å². The van der Waals surface area contributed by atoms with Crippen LogP contribution in [0.5, 0.6) is 0 Å². The lowest BCUT2D eigenvalue weighted by Crippen LogP contribution is -2.50. The van der Waals surface area contributed by atoms with E-state index in [-0.39, 0.29) is 43.7 Å². The second-order valence-corrected chi connectivity index (χ2v) is 14.3. The van der Waals surface area contributed by atoms with Crippen molar-refractivity contribution in [1.29, 1.82) is 0 Å². The first-order valence-electron chi connectivity index (χ1n) is 18.7. The molecule has 248 valence electrons. The summed E-state index contributed by atoms with van der Waals surface area (Å²) in [7, 11) is 55.7. The van der Waals surface area contributed by atoms with Crippen LogP contribution in [-0.2, 0) is 6.42 Å². The lowest BCUT2D eigenvalue weighted by atomic mass is 9.59. The van der Waals surface area contributed by atoms with Gasteiger partial charge in [0.05, 0.1) is 16.7 Å². The molecule has 2 nitrogen and oxygen atoms in total. The Balaban J connectivity index is 1.53. The summed E-state index contributed by atoms with van der Waals surface area (Å²) < 4.78 is 2.16. The third-order valence-corrected chi connectivity index (χ3v) is 11.1. The van der Waals surface area contributed by atoms with Gasteiger partial charge in [0.1, 0.15) is 68.6 Å². The van der Waals surface area contributed by atoms with Crippen LogP contribution in [0.4, 0.5) is 0 Å². The minimum atomic E-state index is 0.157. The fourth-order valence-corrected chi connectivity index (χ4v) is 8.33. The number of imidazole rings is 1. The number of para-hydroxylation sites is 3. The van der Waals surface area contributed by atoms with Crippen LogP contribution in [0.2, 0.25) is 0 Å². The molecule has 8 aromatic carbocycles. The zero-order valence-corrected chi connectivity index (χ0v) is 31.3. The fraction of sp³-hybridized carbons (Fsp3) is 0.0426. The van der Waals surface area contributed by atoms with Crippen molar-refractivity contribution in [2.24, 2.45) is 0 Å². The lowest BCUT2D eigenvalue weighted by molar-refractivity contribution is 0.909. The van der Waals surface area contributed by atoms with Crippen LogP contribution in [0.15, 0.2) is 127 Å². The topological polar surface area (TPSA) is 17.8 Å². The molecule has 0 atom stereocenters. The normalized spacial score (nSPS) is 11.5. The summed E-state index contributed by atoms with van der Waals surface area (Å²) in [4.78, 5) is 5.00. The van der Waals surface area contributed by atoms with Crippen molar-refractivity contribution in [3.05, 3.63) is 133 Å². The van der Waals surface area contributed by atoms with Crippen LogP contribution in [-0.4, -0.2) is 72.3 Å². The smallest absolute Gasteiger partial charge is 0.114 e. The molecule has 16 radical (unpaired) electrons. The van der Waals surface area contributed by atoms with Gasteiger partial charge in [0.15, 0.2) is 0 Å². The summed E-state index contributed by atoms with van der Waals surface area (Å²) >= 11 is 0. The van der Waals surface area contributed by atoms with Gasteiger partial charge in [-0.25, -0.2) is 4.98 Å². The minimum Gasteiger partial charge on any atom is -0.296 e. The summed E-state index contributed by atoms with van der Waals surface area (Å²) in [6, 6.07) is 42.8. The number of aryl methyl sites for hydroxylation is 1. The molecular weight excluding hydrogens is 679 g/mol. The molecule has 0 unspecified atom stereocenters. The molecule has 0 spiro atoms. The first-order chi connectivity index (χ1) is 27.6. The van der Waals surface area contributed by atoms with Gasteiger partial charge in [0.2, 0.25) is 0 Å². The Kier molecular flexibility index (Phi) is 9.27. The maximum absolute atomic E-state index is 7.17. The van der Waals surface area contributed by atoms with E-state index in [1.54, 1.807) is 0 Å². The van der Waals surface area contributed by atoms with E-state index in [9.17, 15) is 0 Å². The molecule has 0 aliphatic rings. The molecule has 9 aromatic rings. The van der Waals surface area contributed by atoms with Gasteiger partial charge in [-0.05, 0) is 96.9 Å². The van der Waals surface area contributed by atoms with Gasteiger partial charge < -0.3 is 0 Å². The largest absolute Gasteiger partial charge is 0.296 e. The molecule has 0 saturated heterocycles. The van der Waals surface area contributed by atoms with Crippen LogP contribution in [0, 0.1) is 0 Å². The van der Waals surface area contributed by atoms with Crippen LogP contribution in [0.3, 0.4) is 0 Å². The highest BCUT2D eigenvalue weighted by molar-refractivity contribution is 6.71. The van der Waals surface area contributed by atoms with E-state index in [1.165, 1.54) is 0 Å². The van der Waals surface area contributed by atoms with Gasteiger partial charge in [0.25, 0.3) is 0 Å². The monoisotopic (exact) mass is 706 g/mol. The van der Waals surface area contributed by atoms with Crippen molar-refractivity contribution < 1.29 is 0 Å². The Morgan fingerprint density at radius 1 is 0.421 bits per heavy atom. The van der Waals surface area contributed by atoms with E-state index >= 15 is 0 Å². The van der Waals surface area contributed by atoms with Crippen LogP contribution in [0.1, 0.15) is 12.7 Å². The SMILES string of the molecule is [B]c1c([B])c([B])c2c(-c3ccccc3-n3c(CC)nc4ccccc43)c3c([B])c([B])c([B])c([B])c3c(-c3cc(-c4ccccc4)cc(-c4ccccc4)c3)c2c1[B]. The molecule has 0 fully saturated rings. The molecule has 0 amide bonds.